The Morgan fingerprint density at radius 1 is 0.862 bits per heavy atom. The van der Waals surface area contributed by atoms with Gasteiger partial charge in [-0.1, -0.05) is 18.2 Å². The topological polar surface area (TPSA) is 61.3 Å². The van der Waals surface area contributed by atoms with Gasteiger partial charge in [0.15, 0.2) is 0 Å². The Bertz CT molecular complexity index is 999. The second-order valence-corrected chi connectivity index (χ2v) is 7.74. The average Bonchev–Trinajstić information content (AvgIpc) is 3.10. The summed E-state index contributed by atoms with van der Waals surface area (Å²) in [6, 6.07) is 12.9. The molecule has 2 aliphatic heterocycles. The highest BCUT2D eigenvalue weighted by molar-refractivity contribution is 5.69. The van der Waals surface area contributed by atoms with Crippen LogP contribution in [0.25, 0.3) is 0 Å². The van der Waals surface area contributed by atoms with Crippen LogP contribution in [0.5, 0.6) is 0 Å². The van der Waals surface area contributed by atoms with Gasteiger partial charge >= 0.3 is 0 Å². The van der Waals surface area contributed by atoms with Gasteiger partial charge in [-0.15, -0.1) is 0 Å². The number of nitrogens with zero attached hydrogens (tertiary/aromatic N) is 7. The van der Waals surface area contributed by atoms with Gasteiger partial charge in [0.1, 0.15) is 5.82 Å². The van der Waals surface area contributed by atoms with Crippen molar-refractivity contribution >= 4 is 23.4 Å². The van der Waals surface area contributed by atoms with Crippen molar-refractivity contribution in [2.24, 2.45) is 0 Å². The minimum atomic E-state index is 0.390. The number of hydrogen-bond acceptors (Lipinski definition) is 7. The maximum Gasteiger partial charge on any atom is 0.227 e. The monoisotopic (exact) mass is 387 g/mol. The highest BCUT2D eigenvalue weighted by atomic mass is 15.4. The summed E-state index contributed by atoms with van der Waals surface area (Å²) in [7, 11) is 0. The van der Waals surface area contributed by atoms with E-state index >= 15 is 0 Å². The highest BCUT2D eigenvalue weighted by Crippen LogP contribution is 2.37. The third-order valence-corrected chi connectivity index (χ3v) is 5.68. The molecule has 148 valence electrons. The molecule has 2 aliphatic rings. The molecule has 7 heteroatoms. The van der Waals surface area contributed by atoms with Gasteiger partial charge in [0.05, 0.1) is 0 Å². The lowest BCUT2D eigenvalue weighted by molar-refractivity contribution is 0.626. The molecule has 4 heterocycles. The molecule has 2 aromatic heterocycles. The zero-order valence-corrected chi connectivity index (χ0v) is 16.9. The average molecular weight is 387 g/mol. The Morgan fingerprint density at radius 3 is 2.31 bits per heavy atom. The van der Waals surface area contributed by atoms with Gasteiger partial charge in [-0.05, 0) is 38.0 Å². The first-order valence-electron chi connectivity index (χ1n) is 10.2. The Morgan fingerprint density at radius 2 is 1.55 bits per heavy atom. The zero-order valence-electron chi connectivity index (χ0n) is 16.9. The molecule has 1 fully saturated rings. The predicted octanol–water partition coefficient (Wildman–Crippen LogP) is 2.98. The summed E-state index contributed by atoms with van der Waals surface area (Å²) in [6.07, 6.45) is 4.63. The van der Waals surface area contributed by atoms with Crippen molar-refractivity contribution in [2.75, 3.05) is 40.9 Å². The van der Waals surface area contributed by atoms with Crippen LogP contribution in [0.3, 0.4) is 0 Å². The fourth-order valence-corrected chi connectivity index (χ4v) is 4.28. The van der Waals surface area contributed by atoms with Gasteiger partial charge in [0, 0.05) is 62.1 Å². The number of anilines is 4. The van der Waals surface area contributed by atoms with E-state index in [1.165, 1.54) is 11.3 Å². The normalized spacial score (nSPS) is 18.8. The molecule has 3 aromatic rings. The second kappa shape index (κ2) is 7.31. The molecular formula is C22H25N7. The van der Waals surface area contributed by atoms with Crippen molar-refractivity contribution < 1.29 is 0 Å². The molecule has 1 saturated heterocycles. The molecule has 0 bridgehead atoms. The van der Waals surface area contributed by atoms with E-state index in [0.29, 0.717) is 6.04 Å². The second-order valence-electron chi connectivity index (χ2n) is 7.74. The highest BCUT2D eigenvalue weighted by Gasteiger charge is 2.29. The number of hydrogen-bond donors (Lipinski definition) is 0. The van der Waals surface area contributed by atoms with Crippen molar-refractivity contribution in [1.82, 2.24) is 19.9 Å². The van der Waals surface area contributed by atoms with E-state index in [9.17, 15) is 0 Å². The number of benzene rings is 1. The summed E-state index contributed by atoms with van der Waals surface area (Å²) < 4.78 is 0. The third-order valence-electron chi connectivity index (χ3n) is 5.68. The van der Waals surface area contributed by atoms with Gasteiger partial charge in [-0.25, -0.2) is 15.0 Å². The van der Waals surface area contributed by atoms with Crippen LogP contribution in [0.1, 0.15) is 18.2 Å². The summed E-state index contributed by atoms with van der Waals surface area (Å²) in [5, 5.41) is 0. The minimum absolute atomic E-state index is 0.390. The SMILES string of the molecule is Cc1cc(N2c3ccccc3CC2C)nc(N2CCN(c3ncccn3)CC2)n1. The molecule has 1 atom stereocenters. The first-order chi connectivity index (χ1) is 14.2. The van der Waals surface area contributed by atoms with E-state index in [0.717, 1.165) is 56.0 Å². The van der Waals surface area contributed by atoms with Gasteiger partial charge < -0.3 is 14.7 Å². The van der Waals surface area contributed by atoms with E-state index in [-0.39, 0.29) is 0 Å². The van der Waals surface area contributed by atoms with Crippen LogP contribution < -0.4 is 14.7 Å². The van der Waals surface area contributed by atoms with Crippen molar-refractivity contribution in [3.8, 4) is 0 Å². The summed E-state index contributed by atoms with van der Waals surface area (Å²) >= 11 is 0. The molecule has 0 aliphatic carbocycles. The molecule has 0 spiro atoms. The van der Waals surface area contributed by atoms with Crippen LogP contribution in [0.15, 0.2) is 48.8 Å². The molecule has 0 saturated carbocycles. The van der Waals surface area contributed by atoms with E-state index in [1.54, 1.807) is 12.4 Å². The van der Waals surface area contributed by atoms with Crippen molar-refractivity contribution in [2.45, 2.75) is 26.3 Å². The lowest BCUT2D eigenvalue weighted by Crippen LogP contribution is -2.47. The molecule has 5 rings (SSSR count). The smallest absolute Gasteiger partial charge is 0.227 e. The first kappa shape index (κ1) is 17.8. The van der Waals surface area contributed by atoms with Gasteiger partial charge in [0.2, 0.25) is 11.9 Å². The third kappa shape index (κ3) is 3.37. The van der Waals surface area contributed by atoms with Gasteiger partial charge in [-0.3, -0.25) is 0 Å². The molecule has 0 amide bonds. The summed E-state index contributed by atoms with van der Waals surface area (Å²) in [5.74, 6) is 2.59. The van der Waals surface area contributed by atoms with Crippen LogP contribution >= 0.6 is 0 Å². The number of rotatable bonds is 3. The fraction of sp³-hybridized carbons (Fsp3) is 0.364. The van der Waals surface area contributed by atoms with E-state index < -0.39 is 0 Å². The van der Waals surface area contributed by atoms with Crippen molar-refractivity contribution in [1.29, 1.82) is 0 Å². The van der Waals surface area contributed by atoms with E-state index in [1.807, 2.05) is 6.07 Å². The van der Waals surface area contributed by atoms with Crippen molar-refractivity contribution in [3.63, 3.8) is 0 Å². The van der Waals surface area contributed by atoms with Gasteiger partial charge in [-0.2, -0.15) is 4.98 Å². The van der Waals surface area contributed by atoms with Crippen LogP contribution in [0.4, 0.5) is 23.4 Å². The maximum absolute atomic E-state index is 4.98. The molecule has 7 nitrogen and oxygen atoms in total. The lowest BCUT2D eigenvalue weighted by Gasteiger charge is -2.35. The van der Waals surface area contributed by atoms with Crippen LogP contribution in [0, 0.1) is 6.92 Å². The quantitative estimate of drug-likeness (QED) is 0.685. The maximum atomic E-state index is 4.98. The molecule has 1 aromatic carbocycles. The summed E-state index contributed by atoms with van der Waals surface area (Å²) in [6.45, 7) is 7.74. The van der Waals surface area contributed by atoms with Crippen LogP contribution in [-0.2, 0) is 6.42 Å². The number of para-hydroxylation sites is 1. The Kier molecular flexibility index (Phi) is 4.50. The van der Waals surface area contributed by atoms with Crippen LogP contribution in [0.2, 0.25) is 0 Å². The Hall–Kier alpha value is -3.22. The van der Waals surface area contributed by atoms with Crippen LogP contribution in [-0.4, -0.2) is 52.2 Å². The molecule has 0 N–H and O–H groups in total. The molecular weight excluding hydrogens is 362 g/mol. The Labute approximate surface area is 171 Å². The van der Waals surface area contributed by atoms with E-state index in [2.05, 4.69) is 68.8 Å². The molecule has 1 unspecified atom stereocenters. The summed E-state index contributed by atoms with van der Waals surface area (Å²) in [5.41, 5.74) is 3.64. The number of fused-ring (bicyclic) bond motifs is 1. The number of aromatic nitrogens is 4. The lowest BCUT2D eigenvalue weighted by atomic mass is 10.1. The fourth-order valence-electron chi connectivity index (χ4n) is 4.28. The van der Waals surface area contributed by atoms with Crippen molar-refractivity contribution in [3.05, 3.63) is 60.0 Å². The number of aryl methyl sites for hydroxylation is 1. The molecule has 29 heavy (non-hydrogen) atoms. The van der Waals surface area contributed by atoms with Gasteiger partial charge in [0.25, 0.3) is 0 Å². The Balaban J connectivity index is 1.38. The largest absolute Gasteiger partial charge is 0.337 e. The summed E-state index contributed by atoms with van der Waals surface area (Å²) in [4.78, 5) is 25.3. The standard InChI is InChI=1S/C22H25N7/c1-16-14-20(29-17(2)15-18-6-3-4-7-19(18)29)26-22(25-16)28-12-10-27(11-13-28)21-23-8-5-9-24-21/h3-9,14,17H,10-13,15H2,1-2H3. The molecule has 0 radical (unpaired) electrons. The number of piperazine rings is 1. The van der Waals surface area contributed by atoms with E-state index in [4.69, 9.17) is 9.97 Å². The minimum Gasteiger partial charge on any atom is -0.337 e. The zero-order chi connectivity index (χ0) is 19.8. The predicted molar refractivity (Wildman–Crippen MR) is 115 cm³/mol. The first-order valence-corrected chi connectivity index (χ1v) is 10.2.